The molecule has 2 aromatic rings. The third kappa shape index (κ3) is 3.88. The van der Waals surface area contributed by atoms with Crippen molar-refractivity contribution in [1.82, 2.24) is 25.5 Å². The number of halogens is 1. The van der Waals surface area contributed by atoms with Crippen LogP contribution >= 0.6 is 11.6 Å². The number of carbonyl (C=O) groups is 1. The molecule has 1 heterocycles. The Balaban J connectivity index is 1.93. The number of hydrogen-bond donors (Lipinski definition) is 1. The maximum atomic E-state index is 11.9. The number of hydrogen-bond acceptors (Lipinski definition) is 6. The van der Waals surface area contributed by atoms with E-state index in [0.717, 1.165) is 36.9 Å². The molecule has 1 N–H and O–H groups in total. The van der Waals surface area contributed by atoms with Crippen LogP contribution in [0.3, 0.4) is 0 Å². The number of aryl methyl sites for hydroxylation is 1. The van der Waals surface area contributed by atoms with Crippen molar-refractivity contribution in [3.05, 3.63) is 34.6 Å². The van der Waals surface area contributed by atoms with Crippen LogP contribution in [0.4, 0.5) is 0 Å². The number of tetrazole rings is 1. The summed E-state index contributed by atoms with van der Waals surface area (Å²) in [5, 5.41) is 16.4. The van der Waals surface area contributed by atoms with Crippen LogP contribution in [0, 0.1) is 6.92 Å². The first-order valence-electron chi connectivity index (χ1n) is 9.02. The Hall–Kier alpha value is -1.99. The van der Waals surface area contributed by atoms with Crippen LogP contribution in [-0.2, 0) is 15.1 Å². The lowest BCUT2D eigenvalue weighted by molar-refractivity contribution is -0.142. The van der Waals surface area contributed by atoms with Crippen LogP contribution in [-0.4, -0.2) is 39.3 Å². The van der Waals surface area contributed by atoms with E-state index in [0.29, 0.717) is 17.5 Å². The number of benzene rings is 1. The maximum Gasteiger partial charge on any atom is 0.319 e. The highest BCUT2D eigenvalue weighted by molar-refractivity contribution is 6.31. The van der Waals surface area contributed by atoms with Crippen molar-refractivity contribution in [1.29, 1.82) is 0 Å². The highest BCUT2D eigenvalue weighted by Gasteiger charge is 2.39. The molecular weight excluding hydrogens is 354 g/mol. The summed E-state index contributed by atoms with van der Waals surface area (Å²) < 4.78 is 6.78. The second-order valence-corrected chi connectivity index (χ2v) is 7.06. The molecule has 1 saturated carbocycles. The third-order valence-corrected chi connectivity index (χ3v) is 5.29. The molecule has 0 saturated heterocycles. The molecule has 8 heteroatoms. The number of esters is 1. The van der Waals surface area contributed by atoms with Crippen LogP contribution in [0.15, 0.2) is 18.2 Å². The monoisotopic (exact) mass is 377 g/mol. The quantitative estimate of drug-likeness (QED) is 0.779. The van der Waals surface area contributed by atoms with E-state index >= 15 is 0 Å². The van der Waals surface area contributed by atoms with Gasteiger partial charge in [-0.2, -0.15) is 4.68 Å². The lowest BCUT2D eigenvalue weighted by atomic mass is 9.80. The zero-order chi connectivity index (χ0) is 18.6. The Kier molecular flexibility index (Phi) is 5.88. The van der Waals surface area contributed by atoms with Crippen molar-refractivity contribution < 1.29 is 9.53 Å². The molecule has 1 aromatic heterocycles. The van der Waals surface area contributed by atoms with Crippen molar-refractivity contribution in [2.75, 3.05) is 13.2 Å². The number of carbonyl (C=O) groups excluding carboxylic acids is 1. The largest absolute Gasteiger partial charge is 0.465 e. The van der Waals surface area contributed by atoms with Crippen molar-refractivity contribution >= 4 is 17.6 Å². The predicted molar refractivity (Wildman–Crippen MR) is 98.3 cm³/mol. The number of nitrogens with zero attached hydrogens (tertiary/aromatic N) is 4. The molecule has 1 aromatic carbocycles. The Labute approximate surface area is 158 Å². The maximum absolute atomic E-state index is 11.9. The number of nitrogens with one attached hydrogen (secondary N) is 1. The molecule has 0 bridgehead atoms. The first-order valence-corrected chi connectivity index (χ1v) is 9.39. The molecule has 3 rings (SSSR count). The molecule has 0 amide bonds. The Morgan fingerprint density at radius 2 is 2.12 bits per heavy atom. The van der Waals surface area contributed by atoms with Gasteiger partial charge >= 0.3 is 5.97 Å². The van der Waals surface area contributed by atoms with Gasteiger partial charge in [-0.15, -0.1) is 5.10 Å². The van der Waals surface area contributed by atoms with E-state index in [4.69, 9.17) is 16.3 Å². The van der Waals surface area contributed by atoms with Gasteiger partial charge in [0.2, 0.25) is 0 Å². The van der Waals surface area contributed by atoms with E-state index in [1.54, 1.807) is 11.6 Å². The second-order valence-electron chi connectivity index (χ2n) is 6.65. The predicted octanol–water partition coefficient (Wildman–Crippen LogP) is 2.94. The second kappa shape index (κ2) is 8.14. The van der Waals surface area contributed by atoms with Gasteiger partial charge in [-0.1, -0.05) is 36.9 Å². The molecule has 0 aliphatic heterocycles. The smallest absolute Gasteiger partial charge is 0.319 e. The fraction of sp³-hybridized carbons (Fsp3) is 0.556. The molecule has 0 radical (unpaired) electrons. The normalized spacial score (nSPS) is 16.4. The number of aromatic nitrogens is 4. The van der Waals surface area contributed by atoms with E-state index < -0.39 is 5.54 Å². The average Bonchev–Trinajstić information content (AvgIpc) is 3.14. The van der Waals surface area contributed by atoms with Gasteiger partial charge in [0.05, 0.1) is 24.4 Å². The van der Waals surface area contributed by atoms with E-state index in [2.05, 4.69) is 20.8 Å². The lowest BCUT2D eigenvalue weighted by Gasteiger charge is -2.36. The zero-order valence-corrected chi connectivity index (χ0v) is 15.9. The van der Waals surface area contributed by atoms with Gasteiger partial charge in [0, 0.05) is 5.02 Å². The number of ether oxygens (including phenoxy) is 1. The summed E-state index contributed by atoms with van der Waals surface area (Å²) in [7, 11) is 0. The zero-order valence-electron chi connectivity index (χ0n) is 15.2. The summed E-state index contributed by atoms with van der Waals surface area (Å²) in [4.78, 5) is 11.9. The molecule has 26 heavy (non-hydrogen) atoms. The third-order valence-electron chi connectivity index (χ3n) is 4.88. The van der Waals surface area contributed by atoms with Crippen molar-refractivity contribution in [3.8, 4) is 5.69 Å². The molecule has 1 aliphatic rings. The highest BCUT2D eigenvalue weighted by atomic mass is 35.5. The van der Waals surface area contributed by atoms with Crippen molar-refractivity contribution in [3.63, 3.8) is 0 Å². The number of rotatable bonds is 6. The fourth-order valence-corrected chi connectivity index (χ4v) is 3.64. The first-order chi connectivity index (χ1) is 12.6. The van der Waals surface area contributed by atoms with Crippen LogP contribution in [0.2, 0.25) is 5.02 Å². The molecule has 140 valence electrons. The van der Waals surface area contributed by atoms with Gasteiger partial charge in [-0.3, -0.25) is 10.1 Å². The standard InChI is InChI=1S/C18H24ClN5O2/c1-3-26-16(25)12-20-18(9-5-4-6-10-18)17-21-22-23-24(17)14-8-7-13(2)15(19)11-14/h7-8,11,20H,3-6,9-10,12H2,1-2H3. The van der Waals surface area contributed by atoms with Gasteiger partial charge in [-0.05, 0) is 54.8 Å². The summed E-state index contributed by atoms with van der Waals surface area (Å²) in [6.45, 7) is 4.26. The minimum atomic E-state index is -0.453. The summed E-state index contributed by atoms with van der Waals surface area (Å²) >= 11 is 6.28. The molecule has 1 aliphatic carbocycles. The van der Waals surface area contributed by atoms with Gasteiger partial charge in [0.25, 0.3) is 0 Å². The molecule has 0 spiro atoms. The highest BCUT2D eigenvalue weighted by Crippen LogP contribution is 2.36. The Morgan fingerprint density at radius 1 is 1.35 bits per heavy atom. The minimum absolute atomic E-state index is 0.134. The fourth-order valence-electron chi connectivity index (χ4n) is 3.46. The Morgan fingerprint density at radius 3 is 2.81 bits per heavy atom. The molecule has 0 atom stereocenters. The summed E-state index contributed by atoms with van der Waals surface area (Å²) in [6.07, 6.45) is 5.01. The van der Waals surface area contributed by atoms with Gasteiger partial charge < -0.3 is 4.74 Å². The van der Waals surface area contributed by atoms with E-state index in [-0.39, 0.29) is 12.5 Å². The molecule has 1 fully saturated rings. The van der Waals surface area contributed by atoms with E-state index in [1.807, 2.05) is 25.1 Å². The average molecular weight is 378 g/mol. The minimum Gasteiger partial charge on any atom is -0.465 e. The lowest BCUT2D eigenvalue weighted by Crippen LogP contribution is -2.48. The molecular formula is C18H24ClN5O2. The van der Waals surface area contributed by atoms with Crippen LogP contribution < -0.4 is 5.32 Å². The summed E-state index contributed by atoms with van der Waals surface area (Å²) in [5.41, 5.74) is 1.35. The van der Waals surface area contributed by atoms with Crippen LogP contribution in [0.5, 0.6) is 0 Å². The van der Waals surface area contributed by atoms with Crippen LogP contribution in [0.25, 0.3) is 5.69 Å². The van der Waals surface area contributed by atoms with Gasteiger partial charge in [0.1, 0.15) is 0 Å². The first kappa shape index (κ1) is 18.8. The SMILES string of the molecule is CCOC(=O)CNC1(c2nnnn2-c2ccc(C)c(Cl)c2)CCCCC1. The van der Waals surface area contributed by atoms with Crippen molar-refractivity contribution in [2.24, 2.45) is 0 Å². The van der Waals surface area contributed by atoms with Gasteiger partial charge in [0.15, 0.2) is 5.82 Å². The Bertz CT molecular complexity index is 771. The van der Waals surface area contributed by atoms with Crippen molar-refractivity contribution in [2.45, 2.75) is 51.5 Å². The molecule has 7 nitrogen and oxygen atoms in total. The topological polar surface area (TPSA) is 81.9 Å². The van der Waals surface area contributed by atoms with E-state index in [1.165, 1.54) is 6.42 Å². The summed E-state index contributed by atoms with van der Waals surface area (Å²) in [6, 6.07) is 5.75. The molecule has 0 unspecified atom stereocenters. The van der Waals surface area contributed by atoms with E-state index in [9.17, 15) is 4.79 Å². The van der Waals surface area contributed by atoms with Gasteiger partial charge in [-0.25, -0.2) is 0 Å². The summed E-state index contributed by atoms with van der Waals surface area (Å²) in [5.74, 6) is 0.441. The van der Waals surface area contributed by atoms with Crippen LogP contribution in [0.1, 0.15) is 50.4 Å².